The van der Waals surface area contributed by atoms with Crippen molar-refractivity contribution in [1.82, 2.24) is 9.29 Å². The predicted octanol–water partition coefficient (Wildman–Crippen LogP) is 2.04. The van der Waals surface area contributed by atoms with Gasteiger partial charge in [0.05, 0.1) is 4.90 Å². The number of hydrogen-bond acceptors (Lipinski definition) is 4. The van der Waals surface area contributed by atoms with Crippen LogP contribution in [0, 0.1) is 12.7 Å². The molecule has 2 aromatic rings. The molecule has 0 aliphatic carbocycles. The van der Waals surface area contributed by atoms with Gasteiger partial charge in [-0.3, -0.25) is 4.98 Å². The number of piperazine rings is 1. The summed E-state index contributed by atoms with van der Waals surface area (Å²) < 4.78 is 40.1. The van der Waals surface area contributed by atoms with Crippen molar-refractivity contribution in [3.05, 3.63) is 54.1 Å². The highest BCUT2D eigenvalue weighted by atomic mass is 32.2. The normalized spacial score (nSPS) is 16.5. The Labute approximate surface area is 135 Å². The number of benzene rings is 1. The standard InChI is InChI=1S/C16H18FN3O2S/c1-13-12-15(2-3-16(13)17)23(21,22)20-10-8-19(9-11-20)14-4-6-18-7-5-14/h2-7,12H,8-11H2,1H3. The molecular weight excluding hydrogens is 317 g/mol. The zero-order valence-electron chi connectivity index (χ0n) is 12.8. The van der Waals surface area contributed by atoms with Crippen molar-refractivity contribution >= 4 is 15.7 Å². The number of anilines is 1. The first-order valence-corrected chi connectivity index (χ1v) is 8.84. The lowest BCUT2D eigenvalue weighted by Crippen LogP contribution is -2.48. The number of aryl methyl sites for hydroxylation is 1. The summed E-state index contributed by atoms with van der Waals surface area (Å²) in [6.07, 6.45) is 3.44. The van der Waals surface area contributed by atoms with E-state index in [0.717, 1.165) is 5.69 Å². The molecule has 0 N–H and O–H groups in total. The molecule has 7 heteroatoms. The molecule has 1 aliphatic rings. The molecule has 5 nitrogen and oxygen atoms in total. The molecule has 0 radical (unpaired) electrons. The van der Waals surface area contributed by atoms with E-state index in [-0.39, 0.29) is 4.90 Å². The van der Waals surface area contributed by atoms with Crippen LogP contribution in [-0.4, -0.2) is 43.9 Å². The molecule has 0 unspecified atom stereocenters. The molecule has 0 bridgehead atoms. The summed E-state index contributed by atoms with van der Waals surface area (Å²) in [5.74, 6) is -0.397. The Balaban J connectivity index is 1.75. The van der Waals surface area contributed by atoms with Crippen molar-refractivity contribution in [2.24, 2.45) is 0 Å². The lowest BCUT2D eigenvalue weighted by atomic mass is 10.2. The van der Waals surface area contributed by atoms with Crippen molar-refractivity contribution in [1.29, 1.82) is 0 Å². The van der Waals surface area contributed by atoms with Crippen molar-refractivity contribution in [3.63, 3.8) is 0 Å². The van der Waals surface area contributed by atoms with Gasteiger partial charge in [0.1, 0.15) is 5.82 Å². The molecule has 0 spiro atoms. The van der Waals surface area contributed by atoms with Gasteiger partial charge in [0.25, 0.3) is 0 Å². The van der Waals surface area contributed by atoms with Crippen LogP contribution < -0.4 is 4.90 Å². The number of hydrogen-bond donors (Lipinski definition) is 0. The van der Waals surface area contributed by atoms with Gasteiger partial charge in [-0.15, -0.1) is 0 Å². The summed E-state index contributed by atoms with van der Waals surface area (Å²) in [6, 6.07) is 7.74. The summed E-state index contributed by atoms with van der Waals surface area (Å²) in [5, 5.41) is 0. The molecule has 1 aromatic heterocycles. The Kier molecular flexibility index (Phi) is 4.32. The highest BCUT2D eigenvalue weighted by molar-refractivity contribution is 7.89. The number of halogens is 1. The minimum Gasteiger partial charge on any atom is -0.369 e. The molecule has 23 heavy (non-hydrogen) atoms. The second-order valence-corrected chi connectivity index (χ2v) is 7.45. The molecule has 1 aromatic carbocycles. The van der Waals surface area contributed by atoms with Gasteiger partial charge < -0.3 is 4.90 Å². The van der Waals surface area contributed by atoms with Crippen LogP contribution in [0.15, 0.2) is 47.6 Å². The number of aromatic nitrogens is 1. The fraction of sp³-hybridized carbons (Fsp3) is 0.312. The molecule has 2 heterocycles. The first-order chi connectivity index (χ1) is 11.0. The average molecular weight is 335 g/mol. The van der Waals surface area contributed by atoms with Crippen LogP contribution in [0.25, 0.3) is 0 Å². The third-order valence-corrected chi connectivity index (χ3v) is 5.93. The second kappa shape index (κ2) is 6.25. The van der Waals surface area contributed by atoms with E-state index < -0.39 is 15.8 Å². The highest BCUT2D eigenvalue weighted by Crippen LogP contribution is 2.22. The molecule has 1 aliphatic heterocycles. The van der Waals surface area contributed by atoms with Crippen LogP contribution in [-0.2, 0) is 10.0 Å². The zero-order valence-corrected chi connectivity index (χ0v) is 13.6. The third-order valence-electron chi connectivity index (χ3n) is 4.03. The van der Waals surface area contributed by atoms with E-state index in [4.69, 9.17) is 0 Å². The maximum atomic E-state index is 13.3. The predicted molar refractivity (Wildman–Crippen MR) is 86.3 cm³/mol. The van der Waals surface area contributed by atoms with Crippen LogP contribution in [0.2, 0.25) is 0 Å². The Morgan fingerprint density at radius 3 is 2.30 bits per heavy atom. The second-order valence-electron chi connectivity index (χ2n) is 5.51. The molecule has 0 atom stereocenters. The quantitative estimate of drug-likeness (QED) is 0.861. The van der Waals surface area contributed by atoms with E-state index in [2.05, 4.69) is 9.88 Å². The molecule has 0 amide bonds. The van der Waals surface area contributed by atoms with E-state index in [1.54, 1.807) is 19.3 Å². The largest absolute Gasteiger partial charge is 0.369 e. The van der Waals surface area contributed by atoms with Gasteiger partial charge in [-0.1, -0.05) is 0 Å². The van der Waals surface area contributed by atoms with E-state index in [9.17, 15) is 12.8 Å². The molecule has 1 saturated heterocycles. The zero-order chi connectivity index (χ0) is 16.4. The van der Waals surface area contributed by atoms with E-state index >= 15 is 0 Å². The fourth-order valence-electron chi connectivity index (χ4n) is 2.67. The lowest BCUT2D eigenvalue weighted by molar-refractivity contribution is 0.385. The third kappa shape index (κ3) is 3.20. The number of nitrogens with zero attached hydrogens (tertiary/aromatic N) is 3. The van der Waals surface area contributed by atoms with Crippen molar-refractivity contribution in [3.8, 4) is 0 Å². The topological polar surface area (TPSA) is 53.5 Å². The smallest absolute Gasteiger partial charge is 0.243 e. The monoisotopic (exact) mass is 335 g/mol. The number of pyridine rings is 1. The maximum Gasteiger partial charge on any atom is 0.243 e. The van der Waals surface area contributed by atoms with Crippen LogP contribution >= 0.6 is 0 Å². The van der Waals surface area contributed by atoms with E-state index in [0.29, 0.717) is 31.7 Å². The van der Waals surface area contributed by atoms with Gasteiger partial charge in [0.15, 0.2) is 0 Å². The Morgan fingerprint density at radius 1 is 1.04 bits per heavy atom. The summed E-state index contributed by atoms with van der Waals surface area (Å²) >= 11 is 0. The fourth-order valence-corrected chi connectivity index (χ4v) is 4.18. The van der Waals surface area contributed by atoms with E-state index in [1.165, 1.54) is 22.5 Å². The highest BCUT2D eigenvalue weighted by Gasteiger charge is 2.28. The first kappa shape index (κ1) is 15.9. The van der Waals surface area contributed by atoms with Gasteiger partial charge in [-0.05, 0) is 42.8 Å². The molecule has 3 rings (SSSR count). The van der Waals surface area contributed by atoms with Crippen molar-refractivity contribution < 1.29 is 12.8 Å². The van der Waals surface area contributed by atoms with Crippen LogP contribution in [0.3, 0.4) is 0 Å². The summed E-state index contributed by atoms with van der Waals surface area (Å²) in [5.41, 5.74) is 1.37. The SMILES string of the molecule is Cc1cc(S(=O)(=O)N2CCN(c3ccncc3)CC2)ccc1F. The van der Waals surface area contributed by atoms with Gasteiger partial charge in [-0.2, -0.15) is 4.31 Å². The van der Waals surface area contributed by atoms with Crippen LogP contribution in [0.1, 0.15) is 5.56 Å². The summed E-state index contributed by atoms with van der Waals surface area (Å²) in [6.45, 7) is 3.60. The molecule has 122 valence electrons. The van der Waals surface area contributed by atoms with Gasteiger partial charge in [0, 0.05) is 44.3 Å². The number of rotatable bonds is 3. The first-order valence-electron chi connectivity index (χ1n) is 7.40. The minimum absolute atomic E-state index is 0.147. The minimum atomic E-state index is -3.58. The molecule has 1 fully saturated rings. The van der Waals surface area contributed by atoms with Crippen molar-refractivity contribution in [2.75, 3.05) is 31.1 Å². The number of sulfonamides is 1. The Bertz CT molecular complexity index is 788. The summed E-state index contributed by atoms with van der Waals surface area (Å²) in [7, 11) is -3.58. The van der Waals surface area contributed by atoms with Gasteiger partial charge in [-0.25, -0.2) is 12.8 Å². The summed E-state index contributed by atoms with van der Waals surface area (Å²) in [4.78, 5) is 6.26. The van der Waals surface area contributed by atoms with Crippen molar-refractivity contribution in [2.45, 2.75) is 11.8 Å². The maximum absolute atomic E-state index is 13.3. The van der Waals surface area contributed by atoms with Crippen LogP contribution in [0.4, 0.5) is 10.1 Å². The van der Waals surface area contributed by atoms with Gasteiger partial charge >= 0.3 is 0 Å². The molecule has 0 saturated carbocycles. The average Bonchev–Trinajstić information content (AvgIpc) is 2.58. The lowest BCUT2D eigenvalue weighted by Gasteiger charge is -2.35. The van der Waals surface area contributed by atoms with Gasteiger partial charge in [0.2, 0.25) is 10.0 Å². The van der Waals surface area contributed by atoms with E-state index in [1.807, 2.05) is 12.1 Å². The Hall–Kier alpha value is -1.99. The van der Waals surface area contributed by atoms with Crippen LogP contribution in [0.5, 0.6) is 0 Å². The Morgan fingerprint density at radius 2 is 1.70 bits per heavy atom. The molecular formula is C16H18FN3O2S.